The molecule has 1 aliphatic heterocycles. The van der Waals surface area contributed by atoms with Crippen LogP contribution in [0.3, 0.4) is 0 Å². The molecule has 0 radical (unpaired) electrons. The first-order valence-corrected chi connectivity index (χ1v) is 4.31. The van der Waals surface area contributed by atoms with Gasteiger partial charge in [0.1, 0.15) is 6.10 Å². The molecule has 64 valence electrons. The van der Waals surface area contributed by atoms with Gasteiger partial charge in [-0.25, -0.2) is 0 Å². The molecule has 2 rings (SSSR count). The van der Waals surface area contributed by atoms with Crippen LogP contribution in [0.15, 0.2) is 24.3 Å². The third kappa shape index (κ3) is 1.30. The van der Waals surface area contributed by atoms with Crippen LogP contribution < -0.4 is 4.89 Å². The van der Waals surface area contributed by atoms with E-state index >= 15 is 0 Å². The van der Waals surface area contributed by atoms with E-state index in [9.17, 15) is 0 Å². The topological polar surface area (TPSA) is 18.5 Å². The summed E-state index contributed by atoms with van der Waals surface area (Å²) in [6.45, 7) is 2.10. The van der Waals surface area contributed by atoms with Gasteiger partial charge in [0.15, 0.2) is 5.75 Å². The molecule has 1 aromatic rings. The summed E-state index contributed by atoms with van der Waals surface area (Å²) >= 11 is 0. The summed E-state index contributed by atoms with van der Waals surface area (Å²) in [5, 5.41) is 0. The van der Waals surface area contributed by atoms with Crippen molar-refractivity contribution in [3.8, 4) is 5.75 Å². The van der Waals surface area contributed by atoms with E-state index in [1.54, 1.807) is 0 Å². The number of fused-ring (bicyclic) bond motifs is 1. The Labute approximate surface area is 72.0 Å². The molecule has 0 spiro atoms. The van der Waals surface area contributed by atoms with Crippen molar-refractivity contribution in [3.05, 3.63) is 29.8 Å². The molecule has 1 atom stereocenters. The van der Waals surface area contributed by atoms with E-state index in [-0.39, 0.29) is 6.10 Å². The summed E-state index contributed by atoms with van der Waals surface area (Å²) < 4.78 is 0. The second kappa shape index (κ2) is 3.15. The SMILES string of the molecule is CCC1Cc2ccccc2OO1. The van der Waals surface area contributed by atoms with Gasteiger partial charge < -0.3 is 4.89 Å². The van der Waals surface area contributed by atoms with Crippen LogP contribution in [-0.4, -0.2) is 6.10 Å². The van der Waals surface area contributed by atoms with Crippen LogP contribution in [0.25, 0.3) is 0 Å². The Balaban J connectivity index is 2.23. The zero-order chi connectivity index (χ0) is 8.39. The molecule has 0 N–H and O–H groups in total. The summed E-state index contributed by atoms with van der Waals surface area (Å²) in [7, 11) is 0. The third-order valence-electron chi connectivity index (χ3n) is 2.15. The summed E-state index contributed by atoms with van der Waals surface area (Å²) in [6.07, 6.45) is 2.18. The maximum absolute atomic E-state index is 5.15. The van der Waals surface area contributed by atoms with Gasteiger partial charge in [-0.1, -0.05) is 25.1 Å². The molecule has 0 aliphatic carbocycles. The van der Waals surface area contributed by atoms with E-state index in [0.717, 1.165) is 18.6 Å². The molecular formula is C10H12O2. The van der Waals surface area contributed by atoms with Gasteiger partial charge in [-0.2, -0.15) is 4.89 Å². The molecule has 2 heteroatoms. The highest BCUT2D eigenvalue weighted by Crippen LogP contribution is 2.26. The Hall–Kier alpha value is -1.02. The molecule has 0 bridgehead atoms. The van der Waals surface area contributed by atoms with Crippen molar-refractivity contribution < 1.29 is 9.78 Å². The van der Waals surface area contributed by atoms with Crippen LogP contribution in [0, 0.1) is 0 Å². The largest absolute Gasteiger partial charge is 0.337 e. The predicted molar refractivity (Wildman–Crippen MR) is 45.9 cm³/mol. The lowest BCUT2D eigenvalue weighted by atomic mass is 10.0. The Morgan fingerprint density at radius 3 is 3.08 bits per heavy atom. The van der Waals surface area contributed by atoms with Crippen LogP contribution >= 0.6 is 0 Å². The highest BCUT2D eigenvalue weighted by Gasteiger charge is 2.18. The zero-order valence-electron chi connectivity index (χ0n) is 7.12. The standard InChI is InChI=1S/C10H12O2/c1-2-9-7-8-5-3-4-6-10(8)12-11-9/h3-6,9H,2,7H2,1H3. The van der Waals surface area contributed by atoms with Gasteiger partial charge in [0.05, 0.1) is 0 Å². The van der Waals surface area contributed by atoms with Gasteiger partial charge in [0.2, 0.25) is 0 Å². The van der Waals surface area contributed by atoms with E-state index in [0.29, 0.717) is 0 Å². The first kappa shape index (κ1) is 7.62. The van der Waals surface area contributed by atoms with Crippen LogP contribution in [0.2, 0.25) is 0 Å². The van der Waals surface area contributed by atoms with Gasteiger partial charge in [-0.05, 0) is 12.5 Å². The van der Waals surface area contributed by atoms with Crippen molar-refractivity contribution >= 4 is 0 Å². The lowest BCUT2D eigenvalue weighted by molar-refractivity contribution is -0.254. The van der Waals surface area contributed by atoms with Crippen molar-refractivity contribution in [2.75, 3.05) is 0 Å². The molecule has 0 saturated heterocycles. The van der Waals surface area contributed by atoms with Crippen molar-refractivity contribution in [2.24, 2.45) is 0 Å². The fourth-order valence-electron chi connectivity index (χ4n) is 1.37. The van der Waals surface area contributed by atoms with Crippen molar-refractivity contribution in [3.63, 3.8) is 0 Å². The minimum atomic E-state index is 0.222. The molecule has 12 heavy (non-hydrogen) atoms. The lowest BCUT2D eigenvalue weighted by Gasteiger charge is -2.22. The van der Waals surface area contributed by atoms with Crippen LogP contribution in [0.1, 0.15) is 18.9 Å². The second-order valence-corrected chi connectivity index (χ2v) is 3.02. The summed E-state index contributed by atoms with van der Waals surface area (Å²) in [5.41, 5.74) is 1.25. The summed E-state index contributed by atoms with van der Waals surface area (Å²) in [6, 6.07) is 8.00. The van der Waals surface area contributed by atoms with Crippen molar-refractivity contribution in [1.82, 2.24) is 0 Å². The number of hydrogen-bond donors (Lipinski definition) is 0. The second-order valence-electron chi connectivity index (χ2n) is 3.02. The fraction of sp³-hybridized carbons (Fsp3) is 0.400. The van der Waals surface area contributed by atoms with E-state index in [4.69, 9.17) is 9.78 Å². The summed E-state index contributed by atoms with van der Waals surface area (Å²) in [4.78, 5) is 10.3. The normalized spacial score (nSPS) is 21.2. The van der Waals surface area contributed by atoms with E-state index < -0.39 is 0 Å². The third-order valence-corrected chi connectivity index (χ3v) is 2.15. The number of hydrogen-bond acceptors (Lipinski definition) is 2. The monoisotopic (exact) mass is 164 g/mol. The highest BCUT2D eigenvalue weighted by atomic mass is 17.2. The van der Waals surface area contributed by atoms with Crippen molar-refractivity contribution in [2.45, 2.75) is 25.9 Å². The number of para-hydroxylation sites is 1. The van der Waals surface area contributed by atoms with Gasteiger partial charge in [0, 0.05) is 12.0 Å². The highest BCUT2D eigenvalue weighted by molar-refractivity contribution is 5.34. The molecule has 0 aromatic heterocycles. The van der Waals surface area contributed by atoms with Crippen molar-refractivity contribution in [1.29, 1.82) is 0 Å². The van der Waals surface area contributed by atoms with E-state index in [1.165, 1.54) is 5.56 Å². The molecular weight excluding hydrogens is 152 g/mol. The van der Waals surface area contributed by atoms with Gasteiger partial charge in [-0.15, -0.1) is 0 Å². The van der Waals surface area contributed by atoms with E-state index in [1.807, 2.05) is 18.2 Å². The molecule has 1 heterocycles. The van der Waals surface area contributed by atoms with Gasteiger partial charge in [-0.3, -0.25) is 0 Å². The quantitative estimate of drug-likeness (QED) is 0.593. The van der Waals surface area contributed by atoms with Crippen LogP contribution in [-0.2, 0) is 11.3 Å². The minimum Gasteiger partial charge on any atom is -0.337 e. The molecule has 1 aromatic carbocycles. The van der Waals surface area contributed by atoms with Crippen LogP contribution in [0.4, 0.5) is 0 Å². The first-order valence-electron chi connectivity index (χ1n) is 4.31. The minimum absolute atomic E-state index is 0.222. The lowest BCUT2D eigenvalue weighted by Crippen LogP contribution is -2.22. The van der Waals surface area contributed by atoms with Gasteiger partial charge in [0.25, 0.3) is 0 Å². The molecule has 1 aliphatic rings. The molecule has 0 fully saturated rings. The average molecular weight is 164 g/mol. The maximum atomic E-state index is 5.15. The Bertz CT molecular complexity index is 270. The molecule has 2 nitrogen and oxygen atoms in total. The Morgan fingerprint density at radius 1 is 1.42 bits per heavy atom. The maximum Gasteiger partial charge on any atom is 0.168 e. The summed E-state index contributed by atoms with van der Waals surface area (Å²) in [5.74, 6) is 0.863. The van der Waals surface area contributed by atoms with E-state index in [2.05, 4.69) is 13.0 Å². The predicted octanol–water partition coefficient (Wildman–Crippen LogP) is 2.33. The number of benzene rings is 1. The Kier molecular flexibility index (Phi) is 2.00. The number of rotatable bonds is 1. The average Bonchev–Trinajstić information content (AvgIpc) is 2.17. The Morgan fingerprint density at radius 2 is 2.25 bits per heavy atom. The smallest absolute Gasteiger partial charge is 0.168 e. The van der Waals surface area contributed by atoms with Gasteiger partial charge >= 0.3 is 0 Å². The fourth-order valence-corrected chi connectivity index (χ4v) is 1.37. The molecule has 1 unspecified atom stereocenters. The molecule has 0 saturated carbocycles. The molecule has 0 amide bonds. The zero-order valence-corrected chi connectivity index (χ0v) is 7.12. The van der Waals surface area contributed by atoms with Crippen LogP contribution in [0.5, 0.6) is 5.75 Å². The first-order chi connectivity index (χ1) is 5.90.